The van der Waals surface area contributed by atoms with Crippen LogP contribution in [0.3, 0.4) is 0 Å². The Morgan fingerprint density at radius 3 is 2.37 bits per heavy atom. The fraction of sp³-hybridized carbons (Fsp3) is 0.882. The first-order valence-corrected chi connectivity index (χ1v) is 9.44. The van der Waals surface area contributed by atoms with Crippen LogP contribution in [0.25, 0.3) is 0 Å². The molecule has 1 saturated heterocycles. The summed E-state index contributed by atoms with van der Waals surface area (Å²) in [6.07, 6.45) is -0.919. The van der Waals surface area contributed by atoms with E-state index in [2.05, 4.69) is 15.6 Å². The minimum Gasteiger partial charge on any atom is -0.357 e. The van der Waals surface area contributed by atoms with Crippen molar-refractivity contribution >= 4 is 35.8 Å². The molecule has 6 nitrogen and oxygen atoms in total. The van der Waals surface area contributed by atoms with Gasteiger partial charge in [0.25, 0.3) is 0 Å². The Balaban J connectivity index is 0.00000364. The average molecular weight is 505 g/mol. The maximum atomic E-state index is 12.8. The molecule has 1 heterocycles. The summed E-state index contributed by atoms with van der Waals surface area (Å²) in [6.45, 7) is 6.12. The topological polar surface area (TPSA) is 60.0 Å². The standard InChI is InChI=1S/C17H30F3N5O.HI/c1-3-21-16(22-8-4-5-15(26)23-14-6-7-14)25-11-9-24(10-12-25)13(2)17(18,19)20;/h13-14H,3-12H2,1-2H3,(H,21,22)(H,23,26);1H. The van der Waals surface area contributed by atoms with Gasteiger partial charge in [-0.25, -0.2) is 0 Å². The van der Waals surface area contributed by atoms with Crippen LogP contribution < -0.4 is 10.6 Å². The van der Waals surface area contributed by atoms with E-state index in [0.717, 1.165) is 18.8 Å². The molecule has 0 bridgehead atoms. The highest BCUT2D eigenvalue weighted by atomic mass is 127. The van der Waals surface area contributed by atoms with Crippen LogP contribution in [0.5, 0.6) is 0 Å². The number of carbonyl (C=O) groups is 1. The van der Waals surface area contributed by atoms with Crippen molar-refractivity contribution in [2.45, 2.75) is 57.8 Å². The van der Waals surface area contributed by atoms with E-state index in [9.17, 15) is 18.0 Å². The first kappa shape index (κ1) is 24.3. The van der Waals surface area contributed by atoms with Gasteiger partial charge in [0.15, 0.2) is 5.96 Å². The molecule has 1 aliphatic carbocycles. The van der Waals surface area contributed by atoms with Crippen molar-refractivity contribution in [3.05, 3.63) is 0 Å². The number of nitrogens with one attached hydrogen (secondary N) is 2. The van der Waals surface area contributed by atoms with Crippen molar-refractivity contribution in [1.29, 1.82) is 0 Å². The zero-order chi connectivity index (χ0) is 19.2. The van der Waals surface area contributed by atoms with Gasteiger partial charge < -0.3 is 15.5 Å². The van der Waals surface area contributed by atoms with Crippen LogP contribution in [0.15, 0.2) is 4.99 Å². The highest BCUT2D eigenvalue weighted by Gasteiger charge is 2.41. The minimum atomic E-state index is -4.19. The van der Waals surface area contributed by atoms with Crippen LogP contribution in [-0.4, -0.2) is 79.2 Å². The first-order chi connectivity index (χ1) is 12.3. The van der Waals surface area contributed by atoms with Crippen LogP contribution in [0.1, 0.15) is 39.5 Å². The second-order valence-electron chi connectivity index (χ2n) is 6.92. The number of halogens is 4. The molecular weight excluding hydrogens is 474 g/mol. The second kappa shape index (κ2) is 11.3. The Labute approximate surface area is 176 Å². The second-order valence-corrected chi connectivity index (χ2v) is 6.92. The lowest BCUT2D eigenvalue weighted by molar-refractivity contribution is -0.181. The van der Waals surface area contributed by atoms with Gasteiger partial charge in [0.05, 0.1) is 0 Å². The third kappa shape index (κ3) is 8.41. The summed E-state index contributed by atoms with van der Waals surface area (Å²) in [4.78, 5) is 19.7. The van der Waals surface area contributed by atoms with Gasteiger partial charge in [-0.05, 0) is 33.1 Å². The van der Waals surface area contributed by atoms with Gasteiger partial charge in [-0.3, -0.25) is 14.7 Å². The summed E-state index contributed by atoms with van der Waals surface area (Å²) in [6, 6.07) is -1.05. The average Bonchev–Trinajstić information content (AvgIpc) is 3.40. The quantitative estimate of drug-likeness (QED) is 0.241. The lowest BCUT2D eigenvalue weighted by atomic mass is 10.2. The lowest BCUT2D eigenvalue weighted by Crippen LogP contribution is -2.56. The highest BCUT2D eigenvalue weighted by Crippen LogP contribution is 2.25. The third-order valence-corrected chi connectivity index (χ3v) is 4.74. The SMILES string of the molecule is CCNC(=NCCCC(=O)NC1CC1)N1CCN(C(C)C(F)(F)F)CC1.I. The van der Waals surface area contributed by atoms with Gasteiger partial charge in [-0.1, -0.05) is 0 Å². The summed E-state index contributed by atoms with van der Waals surface area (Å²) < 4.78 is 38.5. The van der Waals surface area contributed by atoms with Crippen LogP contribution in [-0.2, 0) is 4.79 Å². The molecule has 0 aromatic rings. The zero-order valence-corrected chi connectivity index (χ0v) is 18.3. The van der Waals surface area contributed by atoms with Crippen LogP contribution in [0, 0.1) is 0 Å². The molecule has 0 aromatic carbocycles. The summed E-state index contributed by atoms with van der Waals surface area (Å²) in [7, 11) is 0. The van der Waals surface area contributed by atoms with E-state index in [1.807, 2.05) is 11.8 Å². The van der Waals surface area contributed by atoms with E-state index in [1.54, 1.807) is 0 Å². The van der Waals surface area contributed by atoms with Crippen LogP contribution >= 0.6 is 24.0 Å². The molecule has 0 spiro atoms. The van der Waals surface area contributed by atoms with Gasteiger partial charge in [0.2, 0.25) is 5.91 Å². The number of rotatable bonds is 7. The van der Waals surface area contributed by atoms with Gasteiger partial charge in [0, 0.05) is 51.7 Å². The van der Waals surface area contributed by atoms with E-state index in [4.69, 9.17) is 0 Å². The van der Waals surface area contributed by atoms with Crippen molar-refractivity contribution < 1.29 is 18.0 Å². The van der Waals surface area contributed by atoms with Crippen LogP contribution in [0.2, 0.25) is 0 Å². The van der Waals surface area contributed by atoms with E-state index in [-0.39, 0.29) is 29.9 Å². The molecule has 2 rings (SSSR count). The summed E-state index contributed by atoms with van der Waals surface area (Å²) >= 11 is 0. The van der Waals surface area contributed by atoms with Crippen molar-refractivity contribution in [3.8, 4) is 0 Å². The molecule has 2 aliphatic rings. The number of amides is 1. The molecule has 1 saturated carbocycles. The predicted octanol–water partition coefficient (Wildman–Crippen LogP) is 2.20. The Morgan fingerprint density at radius 2 is 1.85 bits per heavy atom. The van der Waals surface area contributed by atoms with Crippen molar-refractivity contribution in [2.24, 2.45) is 4.99 Å². The number of aliphatic imine (C=N–C) groups is 1. The Bertz CT molecular complexity index is 491. The molecule has 10 heteroatoms. The molecule has 2 fully saturated rings. The fourth-order valence-electron chi connectivity index (χ4n) is 2.91. The lowest BCUT2D eigenvalue weighted by Gasteiger charge is -2.39. The van der Waals surface area contributed by atoms with E-state index in [1.165, 1.54) is 11.8 Å². The highest BCUT2D eigenvalue weighted by molar-refractivity contribution is 14.0. The third-order valence-electron chi connectivity index (χ3n) is 4.74. The van der Waals surface area contributed by atoms with E-state index < -0.39 is 12.2 Å². The van der Waals surface area contributed by atoms with Crippen molar-refractivity contribution in [2.75, 3.05) is 39.3 Å². The molecule has 27 heavy (non-hydrogen) atoms. The smallest absolute Gasteiger partial charge is 0.357 e. The number of hydrogen-bond donors (Lipinski definition) is 2. The molecule has 1 aliphatic heterocycles. The number of carbonyl (C=O) groups excluding carboxylic acids is 1. The molecule has 0 aromatic heterocycles. The number of piperazine rings is 1. The van der Waals surface area contributed by atoms with Gasteiger partial charge in [-0.2, -0.15) is 13.2 Å². The maximum absolute atomic E-state index is 12.8. The fourth-order valence-corrected chi connectivity index (χ4v) is 2.91. The summed E-state index contributed by atoms with van der Waals surface area (Å²) in [5.74, 6) is 0.789. The molecule has 1 unspecified atom stereocenters. The van der Waals surface area contributed by atoms with Gasteiger partial charge in [0.1, 0.15) is 6.04 Å². The molecule has 158 valence electrons. The van der Waals surface area contributed by atoms with Crippen molar-refractivity contribution in [1.82, 2.24) is 20.4 Å². The number of guanidine groups is 1. The first-order valence-electron chi connectivity index (χ1n) is 9.44. The monoisotopic (exact) mass is 505 g/mol. The zero-order valence-electron chi connectivity index (χ0n) is 16.0. The molecular formula is C17H31F3IN5O. The normalized spacial score (nSPS) is 20.0. The van der Waals surface area contributed by atoms with Crippen LogP contribution in [0.4, 0.5) is 13.2 Å². The number of alkyl halides is 3. The maximum Gasteiger partial charge on any atom is 0.403 e. The Hall–Kier alpha value is -0.780. The van der Waals surface area contributed by atoms with Crippen molar-refractivity contribution in [3.63, 3.8) is 0 Å². The minimum absolute atomic E-state index is 0. The summed E-state index contributed by atoms with van der Waals surface area (Å²) in [5.41, 5.74) is 0. The Kier molecular flexibility index (Phi) is 10.1. The largest absolute Gasteiger partial charge is 0.403 e. The molecule has 2 N–H and O–H groups in total. The summed E-state index contributed by atoms with van der Waals surface area (Å²) in [5, 5.41) is 6.14. The predicted molar refractivity (Wildman–Crippen MR) is 110 cm³/mol. The van der Waals surface area contributed by atoms with E-state index >= 15 is 0 Å². The number of hydrogen-bond acceptors (Lipinski definition) is 3. The van der Waals surface area contributed by atoms with Gasteiger partial charge in [-0.15, -0.1) is 24.0 Å². The molecule has 1 atom stereocenters. The number of nitrogens with zero attached hydrogens (tertiary/aromatic N) is 3. The van der Waals surface area contributed by atoms with E-state index in [0.29, 0.717) is 58.2 Å². The molecule has 0 radical (unpaired) electrons. The molecule has 1 amide bonds. The van der Waals surface area contributed by atoms with Gasteiger partial charge >= 0.3 is 6.18 Å². The Morgan fingerprint density at radius 1 is 1.22 bits per heavy atom.